The number of ether oxygens (including phenoxy) is 1. The molecule has 1 heterocycles. The second-order valence-electron chi connectivity index (χ2n) is 4.38. The number of benzene rings is 2. The molecule has 0 aromatic heterocycles. The molecule has 19 heavy (non-hydrogen) atoms. The third-order valence-corrected chi connectivity index (χ3v) is 3.07. The summed E-state index contributed by atoms with van der Waals surface area (Å²) in [5.74, 6) is 0.908. The zero-order valence-electron chi connectivity index (χ0n) is 10.8. The molecule has 94 valence electrons. The molecule has 2 aromatic rings. The Hall–Kier alpha value is -2.35. The third-order valence-electron chi connectivity index (χ3n) is 3.07. The highest BCUT2D eigenvalue weighted by Gasteiger charge is 2.10. The minimum atomic E-state index is 0.695. The fourth-order valence-electron chi connectivity index (χ4n) is 2.16. The van der Waals surface area contributed by atoms with Gasteiger partial charge in [0.2, 0.25) is 0 Å². The molecular weight excluding hydrogens is 234 g/mol. The normalized spacial score (nSPS) is 14.7. The van der Waals surface area contributed by atoms with Crippen LogP contribution in [0.15, 0.2) is 53.5 Å². The van der Waals surface area contributed by atoms with Gasteiger partial charge in [-0.15, -0.1) is 0 Å². The van der Waals surface area contributed by atoms with Crippen molar-refractivity contribution < 1.29 is 4.74 Å². The summed E-state index contributed by atoms with van der Waals surface area (Å²) >= 11 is 0. The molecule has 0 amide bonds. The Morgan fingerprint density at radius 2 is 1.84 bits per heavy atom. The topological polar surface area (TPSA) is 21.6 Å². The molecule has 2 heteroatoms. The zero-order valence-corrected chi connectivity index (χ0v) is 10.8. The number of nitrogens with zero attached hydrogens (tertiary/aromatic N) is 1. The molecule has 0 aliphatic carbocycles. The predicted molar refractivity (Wildman–Crippen MR) is 80.1 cm³/mol. The molecule has 1 aliphatic heterocycles. The Bertz CT molecular complexity index is 639. The van der Waals surface area contributed by atoms with E-state index >= 15 is 0 Å². The van der Waals surface area contributed by atoms with E-state index in [1.807, 2.05) is 43.5 Å². The molecule has 0 bridgehead atoms. The minimum Gasteiger partial charge on any atom is -0.494 e. The number of rotatable bonds is 3. The van der Waals surface area contributed by atoms with E-state index in [0.717, 1.165) is 22.6 Å². The van der Waals surface area contributed by atoms with E-state index in [-0.39, 0.29) is 0 Å². The third kappa shape index (κ3) is 2.43. The summed E-state index contributed by atoms with van der Waals surface area (Å²) in [4.78, 5) is 4.41. The maximum atomic E-state index is 5.44. The molecule has 0 saturated carbocycles. The van der Waals surface area contributed by atoms with Crippen molar-refractivity contribution in [2.24, 2.45) is 4.99 Å². The van der Waals surface area contributed by atoms with Gasteiger partial charge in [-0.05, 0) is 36.8 Å². The first-order valence-corrected chi connectivity index (χ1v) is 6.45. The van der Waals surface area contributed by atoms with E-state index in [9.17, 15) is 0 Å². The Morgan fingerprint density at radius 3 is 2.63 bits per heavy atom. The zero-order chi connectivity index (χ0) is 13.1. The number of fused-ring (bicyclic) bond motifs is 1. The second kappa shape index (κ2) is 5.11. The van der Waals surface area contributed by atoms with E-state index in [4.69, 9.17) is 4.74 Å². The van der Waals surface area contributed by atoms with Crippen LogP contribution < -0.4 is 4.74 Å². The van der Waals surface area contributed by atoms with Crippen molar-refractivity contribution in [3.05, 3.63) is 59.7 Å². The largest absolute Gasteiger partial charge is 0.494 e. The molecular formula is C17H15NO. The van der Waals surface area contributed by atoms with Gasteiger partial charge in [0, 0.05) is 17.4 Å². The maximum Gasteiger partial charge on any atom is 0.119 e. The Morgan fingerprint density at radius 1 is 1.05 bits per heavy atom. The van der Waals surface area contributed by atoms with Crippen molar-refractivity contribution in [3.63, 3.8) is 0 Å². The molecule has 2 nitrogen and oxygen atoms in total. The van der Waals surface area contributed by atoms with Gasteiger partial charge in [-0.3, -0.25) is 4.99 Å². The van der Waals surface area contributed by atoms with Gasteiger partial charge in [0.25, 0.3) is 0 Å². The van der Waals surface area contributed by atoms with Crippen LogP contribution in [0.2, 0.25) is 0 Å². The Labute approximate surface area is 113 Å². The summed E-state index contributed by atoms with van der Waals surface area (Å²) in [5.41, 5.74) is 4.54. The van der Waals surface area contributed by atoms with E-state index in [1.54, 1.807) is 0 Å². The van der Waals surface area contributed by atoms with Gasteiger partial charge >= 0.3 is 0 Å². The van der Waals surface area contributed by atoms with Crippen LogP contribution in [0.5, 0.6) is 5.75 Å². The van der Waals surface area contributed by atoms with Crippen LogP contribution in [0.3, 0.4) is 0 Å². The lowest BCUT2D eigenvalue weighted by Gasteiger charge is -2.03. The van der Waals surface area contributed by atoms with Crippen LogP contribution in [0, 0.1) is 0 Å². The van der Waals surface area contributed by atoms with Gasteiger partial charge in [-0.1, -0.05) is 30.3 Å². The number of hydrogen-bond acceptors (Lipinski definition) is 2. The summed E-state index contributed by atoms with van der Waals surface area (Å²) in [6, 6.07) is 16.3. The summed E-state index contributed by atoms with van der Waals surface area (Å²) < 4.78 is 5.44. The van der Waals surface area contributed by atoms with Crippen LogP contribution in [0.25, 0.3) is 11.6 Å². The van der Waals surface area contributed by atoms with Crippen molar-refractivity contribution in [3.8, 4) is 5.75 Å². The molecule has 0 spiro atoms. The monoisotopic (exact) mass is 249 g/mol. The standard InChI is InChI=1S/C17H15NO/c1-2-19-15-9-7-13(8-10-15)11-14-12-18-17-6-4-3-5-16(14)17/h3-12H,2H2,1H3. The number of para-hydroxylation sites is 1. The Balaban J connectivity index is 1.89. The fraction of sp³-hybridized carbons (Fsp3) is 0.118. The number of aliphatic imine (C=N–C) groups is 1. The van der Waals surface area contributed by atoms with Crippen molar-refractivity contribution in [1.29, 1.82) is 0 Å². The van der Waals surface area contributed by atoms with Crippen molar-refractivity contribution in [2.75, 3.05) is 6.61 Å². The lowest BCUT2D eigenvalue weighted by atomic mass is 10.0. The van der Waals surface area contributed by atoms with E-state index in [2.05, 4.69) is 29.3 Å². The molecule has 0 saturated heterocycles. The van der Waals surface area contributed by atoms with Gasteiger partial charge in [0.1, 0.15) is 5.75 Å². The quantitative estimate of drug-likeness (QED) is 0.792. The lowest BCUT2D eigenvalue weighted by Crippen LogP contribution is -1.90. The van der Waals surface area contributed by atoms with Crippen molar-refractivity contribution in [1.82, 2.24) is 0 Å². The highest BCUT2D eigenvalue weighted by atomic mass is 16.5. The second-order valence-corrected chi connectivity index (χ2v) is 4.38. The summed E-state index contributed by atoms with van der Waals surface area (Å²) in [6.07, 6.45) is 4.06. The highest BCUT2D eigenvalue weighted by Crippen LogP contribution is 2.32. The van der Waals surface area contributed by atoms with Crippen LogP contribution >= 0.6 is 0 Å². The maximum absolute atomic E-state index is 5.44. The first-order valence-electron chi connectivity index (χ1n) is 6.45. The van der Waals surface area contributed by atoms with Gasteiger partial charge in [-0.25, -0.2) is 0 Å². The number of allylic oxidation sites excluding steroid dienone is 1. The molecule has 0 unspecified atom stereocenters. The first kappa shape index (κ1) is 11.7. The molecule has 0 fully saturated rings. The van der Waals surface area contributed by atoms with Crippen LogP contribution in [-0.4, -0.2) is 12.8 Å². The lowest BCUT2D eigenvalue weighted by molar-refractivity contribution is 0.340. The molecule has 3 rings (SSSR count). The molecule has 0 N–H and O–H groups in total. The predicted octanol–water partition coefficient (Wildman–Crippen LogP) is 4.34. The average Bonchev–Trinajstić information content (AvgIpc) is 2.85. The Kier molecular flexibility index (Phi) is 3.15. The molecule has 2 aromatic carbocycles. The summed E-state index contributed by atoms with van der Waals surface area (Å²) in [6.45, 7) is 2.68. The minimum absolute atomic E-state index is 0.695. The molecule has 0 radical (unpaired) electrons. The van der Waals surface area contributed by atoms with E-state index < -0.39 is 0 Å². The van der Waals surface area contributed by atoms with Crippen LogP contribution in [-0.2, 0) is 0 Å². The average molecular weight is 249 g/mol. The van der Waals surface area contributed by atoms with E-state index in [1.165, 1.54) is 5.56 Å². The van der Waals surface area contributed by atoms with Crippen LogP contribution in [0.1, 0.15) is 18.1 Å². The van der Waals surface area contributed by atoms with Gasteiger partial charge in [0.15, 0.2) is 0 Å². The van der Waals surface area contributed by atoms with Crippen LogP contribution in [0.4, 0.5) is 5.69 Å². The molecule has 1 aliphatic rings. The fourth-order valence-corrected chi connectivity index (χ4v) is 2.16. The van der Waals surface area contributed by atoms with Gasteiger partial charge < -0.3 is 4.74 Å². The summed E-state index contributed by atoms with van der Waals surface area (Å²) in [5, 5.41) is 0. The van der Waals surface area contributed by atoms with Crippen molar-refractivity contribution in [2.45, 2.75) is 6.92 Å². The molecule has 0 atom stereocenters. The van der Waals surface area contributed by atoms with Gasteiger partial charge in [-0.2, -0.15) is 0 Å². The number of hydrogen-bond donors (Lipinski definition) is 0. The first-order chi connectivity index (χ1) is 9.36. The van der Waals surface area contributed by atoms with Gasteiger partial charge in [0.05, 0.1) is 12.3 Å². The smallest absolute Gasteiger partial charge is 0.119 e. The van der Waals surface area contributed by atoms with Crippen molar-refractivity contribution >= 4 is 23.6 Å². The SMILES string of the molecule is CCOc1ccc(C=C2C=Nc3ccccc32)cc1. The summed E-state index contributed by atoms with van der Waals surface area (Å²) in [7, 11) is 0. The van der Waals surface area contributed by atoms with E-state index in [0.29, 0.717) is 6.61 Å². The highest BCUT2D eigenvalue weighted by molar-refractivity contribution is 6.21.